The normalized spacial score (nSPS) is 13.2. The second-order valence-electron chi connectivity index (χ2n) is 6.64. The predicted octanol–water partition coefficient (Wildman–Crippen LogP) is 6.05. The lowest BCUT2D eigenvalue weighted by molar-refractivity contribution is 0.102. The van der Waals surface area contributed by atoms with Crippen LogP contribution in [0.4, 0.5) is 5.13 Å². The number of nitrogens with zero attached hydrogens (tertiary/aromatic N) is 1. The SMILES string of the molecule is CCSc1cccc(C(=O)Nc2nc(-c3ccc4c(c3)CCCC4)cs2)c1. The maximum absolute atomic E-state index is 12.6. The minimum atomic E-state index is -0.111. The summed E-state index contributed by atoms with van der Waals surface area (Å²) in [5, 5.41) is 5.60. The molecule has 0 saturated heterocycles. The average Bonchev–Trinajstić information content (AvgIpc) is 3.16. The van der Waals surface area contributed by atoms with Crippen molar-refractivity contribution >= 4 is 34.1 Å². The van der Waals surface area contributed by atoms with Crippen LogP contribution in [0, 0.1) is 0 Å². The Morgan fingerprint density at radius 3 is 2.85 bits per heavy atom. The van der Waals surface area contributed by atoms with Gasteiger partial charge in [0.2, 0.25) is 0 Å². The molecule has 3 aromatic rings. The van der Waals surface area contributed by atoms with Crippen LogP contribution in [0.1, 0.15) is 41.3 Å². The van der Waals surface area contributed by atoms with Gasteiger partial charge in [0.25, 0.3) is 5.91 Å². The number of thiazole rings is 1. The van der Waals surface area contributed by atoms with Crippen LogP contribution in [0.2, 0.25) is 0 Å². The van der Waals surface area contributed by atoms with Gasteiger partial charge < -0.3 is 0 Å². The number of benzene rings is 2. The molecule has 27 heavy (non-hydrogen) atoms. The monoisotopic (exact) mass is 394 g/mol. The number of nitrogens with one attached hydrogen (secondary N) is 1. The Labute approximate surface area is 168 Å². The lowest BCUT2D eigenvalue weighted by Crippen LogP contribution is -2.11. The predicted molar refractivity (Wildman–Crippen MR) is 115 cm³/mol. The van der Waals surface area contributed by atoms with E-state index in [4.69, 9.17) is 0 Å². The number of carbonyl (C=O) groups is 1. The molecular weight excluding hydrogens is 372 g/mol. The highest BCUT2D eigenvalue weighted by Crippen LogP contribution is 2.30. The van der Waals surface area contributed by atoms with Crippen molar-refractivity contribution < 1.29 is 4.79 Å². The quantitative estimate of drug-likeness (QED) is 0.535. The maximum atomic E-state index is 12.6. The highest BCUT2D eigenvalue weighted by atomic mass is 32.2. The minimum Gasteiger partial charge on any atom is -0.298 e. The highest BCUT2D eigenvalue weighted by Gasteiger charge is 2.13. The van der Waals surface area contributed by atoms with E-state index in [9.17, 15) is 4.79 Å². The molecule has 0 unspecified atom stereocenters. The number of fused-ring (bicyclic) bond motifs is 1. The molecular formula is C22H22N2OS2. The van der Waals surface area contributed by atoms with Crippen molar-refractivity contribution in [2.45, 2.75) is 37.5 Å². The van der Waals surface area contributed by atoms with Crippen molar-refractivity contribution in [1.29, 1.82) is 0 Å². The molecule has 4 rings (SSSR count). The van der Waals surface area contributed by atoms with Crippen molar-refractivity contribution in [2.24, 2.45) is 0 Å². The first-order valence-corrected chi connectivity index (χ1v) is 11.2. The molecule has 0 saturated carbocycles. The van der Waals surface area contributed by atoms with Crippen molar-refractivity contribution in [1.82, 2.24) is 4.98 Å². The Morgan fingerprint density at radius 1 is 1.15 bits per heavy atom. The molecule has 1 heterocycles. The van der Waals surface area contributed by atoms with Crippen molar-refractivity contribution in [3.63, 3.8) is 0 Å². The lowest BCUT2D eigenvalue weighted by Gasteiger charge is -2.16. The third-order valence-corrected chi connectivity index (χ3v) is 6.41. The molecule has 0 aliphatic heterocycles. The van der Waals surface area contributed by atoms with Gasteiger partial charge in [-0.25, -0.2) is 4.98 Å². The first-order chi connectivity index (χ1) is 13.2. The summed E-state index contributed by atoms with van der Waals surface area (Å²) in [6.45, 7) is 2.11. The first kappa shape index (κ1) is 18.3. The van der Waals surface area contributed by atoms with Crippen LogP contribution in [-0.2, 0) is 12.8 Å². The number of thioether (sulfide) groups is 1. The Hall–Kier alpha value is -2.11. The first-order valence-electron chi connectivity index (χ1n) is 9.35. The van der Waals surface area contributed by atoms with Gasteiger partial charge in [-0.3, -0.25) is 10.1 Å². The van der Waals surface area contributed by atoms with E-state index in [2.05, 4.69) is 35.4 Å². The number of hydrogen-bond acceptors (Lipinski definition) is 4. The molecule has 3 nitrogen and oxygen atoms in total. The summed E-state index contributed by atoms with van der Waals surface area (Å²) >= 11 is 3.20. The summed E-state index contributed by atoms with van der Waals surface area (Å²) in [6, 6.07) is 14.4. The number of rotatable bonds is 5. The summed E-state index contributed by atoms with van der Waals surface area (Å²) < 4.78 is 0. The number of hydrogen-bond donors (Lipinski definition) is 1. The van der Waals surface area contributed by atoms with Crippen LogP contribution in [0.5, 0.6) is 0 Å². The summed E-state index contributed by atoms with van der Waals surface area (Å²) in [4.78, 5) is 18.3. The van der Waals surface area contributed by atoms with E-state index in [0.717, 1.165) is 28.3 Å². The fraction of sp³-hybridized carbons (Fsp3) is 0.273. The number of amides is 1. The fourth-order valence-corrected chi connectivity index (χ4v) is 4.85. The molecule has 0 bridgehead atoms. The van der Waals surface area contributed by atoms with Crippen LogP contribution in [0.15, 0.2) is 52.7 Å². The number of carbonyl (C=O) groups excluding carboxylic acids is 1. The van der Waals surface area contributed by atoms with E-state index in [1.165, 1.54) is 41.7 Å². The molecule has 1 aliphatic rings. The van der Waals surface area contributed by atoms with Gasteiger partial charge in [0.15, 0.2) is 5.13 Å². The molecule has 2 aromatic carbocycles. The molecule has 1 N–H and O–H groups in total. The Balaban J connectivity index is 1.49. The zero-order chi connectivity index (χ0) is 18.6. The molecule has 0 radical (unpaired) electrons. The summed E-state index contributed by atoms with van der Waals surface area (Å²) in [6.07, 6.45) is 4.90. The molecule has 0 fully saturated rings. The zero-order valence-corrected chi connectivity index (χ0v) is 17.0. The van der Waals surface area contributed by atoms with E-state index in [0.29, 0.717) is 10.7 Å². The van der Waals surface area contributed by atoms with Gasteiger partial charge in [-0.1, -0.05) is 25.1 Å². The topological polar surface area (TPSA) is 42.0 Å². The second kappa shape index (κ2) is 8.28. The van der Waals surface area contributed by atoms with Crippen LogP contribution < -0.4 is 5.32 Å². The molecule has 1 aromatic heterocycles. The molecule has 5 heteroatoms. The molecule has 1 aliphatic carbocycles. The second-order valence-corrected chi connectivity index (χ2v) is 8.84. The average molecular weight is 395 g/mol. The van der Waals surface area contributed by atoms with E-state index in [1.54, 1.807) is 11.8 Å². The van der Waals surface area contributed by atoms with Crippen LogP contribution in [0.25, 0.3) is 11.3 Å². The van der Waals surface area contributed by atoms with Gasteiger partial charge in [0, 0.05) is 21.4 Å². The minimum absolute atomic E-state index is 0.111. The van der Waals surface area contributed by atoms with Crippen LogP contribution in [0.3, 0.4) is 0 Å². The summed E-state index contributed by atoms with van der Waals surface area (Å²) in [5.74, 6) is 0.877. The van der Waals surface area contributed by atoms with Gasteiger partial charge in [0.1, 0.15) is 0 Å². The Kier molecular flexibility index (Phi) is 5.60. The number of anilines is 1. The van der Waals surface area contributed by atoms with Crippen LogP contribution in [-0.4, -0.2) is 16.6 Å². The molecule has 1 amide bonds. The third kappa shape index (κ3) is 4.25. The lowest BCUT2D eigenvalue weighted by atomic mass is 9.90. The summed E-state index contributed by atoms with van der Waals surface area (Å²) in [5.41, 5.74) is 5.65. The fourth-order valence-electron chi connectivity index (χ4n) is 3.42. The van der Waals surface area contributed by atoms with E-state index in [-0.39, 0.29) is 5.91 Å². The molecule has 0 spiro atoms. The van der Waals surface area contributed by atoms with Gasteiger partial charge >= 0.3 is 0 Å². The smallest absolute Gasteiger partial charge is 0.257 e. The van der Waals surface area contributed by atoms with E-state index >= 15 is 0 Å². The standard InChI is InChI=1S/C22H22N2OS2/c1-2-26-19-9-5-8-18(13-19)21(25)24-22-23-20(14-27-22)17-11-10-15-6-3-4-7-16(15)12-17/h5,8-14H,2-4,6-7H2,1H3,(H,23,24,25). The molecule has 0 atom stereocenters. The third-order valence-electron chi connectivity index (χ3n) is 4.78. The Morgan fingerprint density at radius 2 is 2.00 bits per heavy atom. The molecule has 138 valence electrons. The number of aromatic nitrogens is 1. The van der Waals surface area contributed by atoms with E-state index < -0.39 is 0 Å². The van der Waals surface area contributed by atoms with E-state index in [1.807, 2.05) is 29.6 Å². The van der Waals surface area contributed by atoms with Gasteiger partial charge in [-0.2, -0.15) is 0 Å². The maximum Gasteiger partial charge on any atom is 0.257 e. The van der Waals surface area contributed by atoms with Gasteiger partial charge in [-0.15, -0.1) is 23.1 Å². The largest absolute Gasteiger partial charge is 0.298 e. The summed E-state index contributed by atoms with van der Waals surface area (Å²) in [7, 11) is 0. The number of aryl methyl sites for hydroxylation is 2. The Bertz CT molecular complexity index is 964. The van der Waals surface area contributed by atoms with Crippen molar-refractivity contribution in [3.8, 4) is 11.3 Å². The van der Waals surface area contributed by atoms with Crippen molar-refractivity contribution in [3.05, 3.63) is 64.5 Å². The zero-order valence-electron chi connectivity index (χ0n) is 15.3. The van der Waals surface area contributed by atoms with Gasteiger partial charge in [0.05, 0.1) is 5.69 Å². The van der Waals surface area contributed by atoms with Gasteiger partial charge in [-0.05, 0) is 66.8 Å². The van der Waals surface area contributed by atoms with Crippen molar-refractivity contribution in [2.75, 3.05) is 11.1 Å². The highest BCUT2D eigenvalue weighted by molar-refractivity contribution is 7.99. The van der Waals surface area contributed by atoms with Crippen LogP contribution >= 0.6 is 23.1 Å².